The van der Waals surface area contributed by atoms with Crippen LogP contribution in [0.3, 0.4) is 0 Å². The molecule has 4 rings (SSSR count). The van der Waals surface area contributed by atoms with Crippen molar-refractivity contribution < 1.29 is 4.74 Å². The van der Waals surface area contributed by atoms with E-state index in [1.807, 2.05) is 36.5 Å². The van der Waals surface area contributed by atoms with Gasteiger partial charge in [0.15, 0.2) is 0 Å². The van der Waals surface area contributed by atoms with E-state index in [-0.39, 0.29) is 0 Å². The van der Waals surface area contributed by atoms with Crippen LogP contribution in [-0.4, -0.2) is 46.2 Å². The summed E-state index contributed by atoms with van der Waals surface area (Å²) in [6.45, 7) is 3.30. The summed E-state index contributed by atoms with van der Waals surface area (Å²) in [5.41, 5.74) is 2.86. The summed E-state index contributed by atoms with van der Waals surface area (Å²) in [6, 6.07) is 9.69. The molecule has 0 unspecified atom stereocenters. The molecule has 0 bridgehead atoms. The fourth-order valence-corrected chi connectivity index (χ4v) is 2.68. The lowest BCUT2D eigenvalue weighted by Gasteiger charge is -2.28. The Morgan fingerprint density at radius 1 is 0.960 bits per heavy atom. The second kappa shape index (κ2) is 7.23. The second-order valence-corrected chi connectivity index (χ2v) is 5.63. The molecule has 0 aromatic carbocycles. The van der Waals surface area contributed by atoms with Crippen LogP contribution >= 0.6 is 0 Å². The molecule has 0 saturated carbocycles. The van der Waals surface area contributed by atoms with Crippen LogP contribution in [0.2, 0.25) is 0 Å². The lowest BCUT2D eigenvalue weighted by Crippen LogP contribution is -2.36. The first-order chi connectivity index (χ1) is 12.4. The monoisotopic (exact) mass is 334 g/mol. The van der Waals surface area contributed by atoms with Gasteiger partial charge in [-0.05, 0) is 30.3 Å². The highest BCUT2D eigenvalue weighted by atomic mass is 16.5. The van der Waals surface area contributed by atoms with Gasteiger partial charge in [-0.25, -0.2) is 15.0 Å². The number of aromatic nitrogens is 4. The highest BCUT2D eigenvalue weighted by Gasteiger charge is 2.11. The Balaban J connectivity index is 1.48. The third-order valence-electron chi connectivity index (χ3n) is 3.98. The normalized spacial score (nSPS) is 14.3. The van der Waals surface area contributed by atoms with Gasteiger partial charge in [0.05, 0.1) is 30.8 Å². The van der Waals surface area contributed by atoms with Crippen molar-refractivity contribution in [1.82, 2.24) is 19.9 Å². The first kappa shape index (κ1) is 15.5. The molecule has 0 spiro atoms. The molecule has 126 valence electrons. The van der Waals surface area contributed by atoms with E-state index < -0.39 is 0 Å². The summed E-state index contributed by atoms with van der Waals surface area (Å²) in [7, 11) is 0. The van der Waals surface area contributed by atoms with E-state index in [9.17, 15) is 0 Å². The maximum Gasteiger partial charge on any atom is 0.228 e. The number of morpholine rings is 1. The molecule has 1 fully saturated rings. The predicted octanol–water partition coefficient (Wildman–Crippen LogP) is 2.51. The van der Waals surface area contributed by atoms with Crippen LogP contribution in [0.4, 0.5) is 17.5 Å². The summed E-state index contributed by atoms with van der Waals surface area (Å²) >= 11 is 0. The molecule has 3 aromatic rings. The minimum atomic E-state index is 0.507. The van der Waals surface area contributed by atoms with E-state index in [2.05, 4.69) is 30.2 Å². The van der Waals surface area contributed by atoms with Crippen molar-refractivity contribution in [1.29, 1.82) is 0 Å². The van der Waals surface area contributed by atoms with Gasteiger partial charge in [0.1, 0.15) is 5.82 Å². The molecular formula is C18H18N6O. The number of hydrogen-bond donors (Lipinski definition) is 1. The highest BCUT2D eigenvalue weighted by molar-refractivity contribution is 5.60. The molecule has 1 saturated heterocycles. The van der Waals surface area contributed by atoms with Gasteiger partial charge >= 0.3 is 0 Å². The number of nitrogens with one attached hydrogen (secondary N) is 1. The Hall–Kier alpha value is -3.06. The highest BCUT2D eigenvalue weighted by Crippen LogP contribution is 2.20. The molecular weight excluding hydrogens is 316 g/mol. The van der Waals surface area contributed by atoms with E-state index in [1.165, 1.54) is 0 Å². The fourth-order valence-electron chi connectivity index (χ4n) is 2.68. The van der Waals surface area contributed by atoms with Crippen LogP contribution in [0.15, 0.2) is 55.1 Å². The molecule has 1 N–H and O–H groups in total. The zero-order chi connectivity index (χ0) is 16.9. The first-order valence-corrected chi connectivity index (χ1v) is 8.18. The standard InChI is InChI=1S/C18H18N6O/c1-2-14(12-19-6-1)16-5-7-20-18(22-16)23-17-4-3-15(13-21-17)24-8-10-25-11-9-24/h1-7,12-13H,8-11H2,(H,20,21,22,23). The van der Waals surface area contributed by atoms with Gasteiger partial charge in [0.25, 0.3) is 0 Å². The van der Waals surface area contributed by atoms with Crippen molar-refractivity contribution in [2.75, 3.05) is 36.5 Å². The number of hydrogen-bond acceptors (Lipinski definition) is 7. The maximum atomic E-state index is 5.38. The number of anilines is 3. The minimum Gasteiger partial charge on any atom is -0.378 e. The average molecular weight is 334 g/mol. The smallest absolute Gasteiger partial charge is 0.228 e. The van der Waals surface area contributed by atoms with E-state index in [0.717, 1.165) is 43.2 Å². The van der Waals surface area contributed by atoms with Crippen molar-refractivity contribution in [3.05, 3.63) is 55.1 Å². The largest absolute Gasteiger partial charge is 0.378 e. The average Bonchev–Trinajstić information content (AvgIpc) is 2.70. The molecule has 0 aliphatic carbocycles. The Bertz CT molecular complexity index is 818. The Kier molecular flexibility index (Phi) is 4.47. The molecule has 0 amide bonds. The maximum absolute atomic E-state index is 5.38. The van der Waals surface area contributed by atoms with Crippen molar-refractivity contribution in [3.8, 4) is 11.3 Å². The van der Waals surface area contributed by atoms with Crippen LogP contribution in [0.1, 0.15) is 0 Å². The molecule has 25 heavy (non-hydrogen) atoms. The van der Waals surface area contributed by atoms with E-state index in [1.54, 1.807) is 18.6 Å². The van der Waals surface area contributed by atoms with Crippen molar-refractivity contribution in [2.45, 2.75) is 0 Å². The second-order valence-electron chi connectivity index (χ2n) is 5.63. The third kappa shape index (κ3) is 3.72. The van der Waals surface area contributed by atoms with Crippen LogP contribution in [0, 0.1) is 0 Å². The van der Waals surface area contributed by atoms with Gasteiger partial charge in [0.2, 0.25) is 5.95 Å². The van der Waals surface area contributed by atoms with Crippen molar-refractivity contribution >= 4 is 17.5 Å². The molecule has 7 heteroatoms. The van der Waals surface area contributed by atoms with Gasteiger partial charge < -0.3 is 15.0 Å². The zero-order valence-electron chi connectivity index (χ0n) is 13.7. The van der Waals surface area contributed by atoms with Gasteiger partial charge in [-0.15, -0.1) is 0 Å². The summed E-state index contributed by atoms with van der Waals surface area (Å²) < 4.78 is 5.38. The molecule has 1 aliphatic heterocycles. The van der Waals surface area contributed by atoms with E-state index >= 15 is 0 Å². The molecule has 0 atom stereocenters. The summed E-state index contributed by atoms with van der Waals surface area (Å²) in [5, 5.41) is 3.15. The fraction of sp³-hybridized carbons (Fsp3) is 0.222. The summed E-state index contributed by atoms with van der Waals surface area (Å²) in [4.78, 5) is 19.6. The van der Waals surface area contributed by atoms with E-state index in [4.69, 9.17) is 4.74 Å². The minimum absolute atomic E-state index is 0.507. The van der Waals surface area contributed by atoms with Crippen molar-refractivity contribution in [3.63, 3.8) is 0 Å². The summed E-state index contributed by atoms with van der Waals surface area (Å²) in [6.07, 6.45) is 7.10. The van der Waals surface area contributed by atoms with Crippen LogP contribution in [-0.2, 0) is 4.74 Å². The third-order valence-corrected chi connectivity index (χ3v) is 3.98. The lowest BCUT2D eigenvalue weighted by molar-refractivity contribution is 0.122. The molecule has 0 radical (unpaired) electrons. The molecule has 1 aliphatic rings. The van der Waals surface area contributed by atoms with Gasteiger partial charge in [0, 0.05) is 37.2 Å². The van der Waals surface area contributed by atoms with Crippen LogP contribution < -0.4 is 10.2 Å². The zero-order valence-corrected chi connectivity index (χ0v) is 13.7. The number of ether oxygens (including phenoxy) is 1. The van der Waals surface area contributed by atoms with Gasteiger partial charge in [-0.2, -0.15) is 0 Å². The van der Waals surface area contributed by atoms with Crippen molar-refractivity contribution in [2.24, 2.45) is 0 Å². The predicted molar refractivity (Wildman–Crippen MR) is 95.8 cm³/mol. The number of pyridine rings is 2. The SMILES string of the molecule is c1cncc(-c2ccnc(Nc3ccc(N4CCOCC4)cn3)n2)c1. The molecule has 4 heterocycles. The van der Waals surface area contributed by atoms with Crippen LogP contribution in [0.25, 0.3) is 11.3 Å². The number of nitrogens with zero attached hydrogens (tertiary/aromatic N) is 5. The van der Waals surface area contributed by atoms with Crippen LogP contribution in [0.5, 0.6) is 0 Å². The lowest BCUT2D eigenvalue weighted by atomic mass is 10.2. The quantitative estimate of drug-likeness (QED) is 0.785. The Labute approximate surface area is 145 Å². The Morgan fingerprint density at radius 2 is 1.88 bits per heavy atom. The molecule has 7 nitrogen and oxygen atoms in total. The van der Waals surface area contributed by atoms with E-state index in [0.29, 0.717) is 11.8 Å². The van der Waals surface area contributed by atoms with Gasteiger partial charge in [-0.3, -0.25) is 4.98 Å². The van der Waals surface area contributed by atoms with Gasteiger partial charge in [-0.1, -0.05) is 0 Å². The molecule has 3 aromatic heterocycles. The summed E-state index contributed by atoms with van der Waals surface area (Å²) in [5.74, 6) is 1.22. The number of rotatable bonds is 4. The topological polar surface area (TPSA) is 76.1 Å². The Morgan fingerprint density at radius 3 is 2.64 bits per heavy atom. The first-order valence-electron chi connectivity index (χ1n) is 8.18.